The Bertz CT molecular complexity index is 857. The van der Waals surface area contributed by atoms with Crippen molar-refractivity contribution >= 4 is 23.2 Å². The molecule has 0 atom stereocenters. The van der Waals surface area contributed by atoms with Crippen LogP contribution in [0.15, 0.2) is 53.2 Å². The van der Waals surface area contributed by atoms with Gasteiger partial charge in [-0.05, 0) is 34.5 Å². The summed E-state index contributed by atoms with van der Waals surface area (Å²) in [6, 6.07) is 12.3. The molecule has 0 radical (unpaired) electrons. The number of hydrogen-bond acceptors (Lipinski definition) is 4. The van der Waals surface area contributed by atoms with Gasteiger partial charge in [-0.3, -0.25) is 4.79 Å². The number of carboxylic acid groups (broad SMARTS) is 1. The molecule has 2 aromatic heterocycles. The Kier molecular flexibility index (Phi) is 4.43. The van der Waals surface area contributed by atoms with E-state index in [9.17, 15) is 14.7 Å². The SMILES string of the molecule is CN(Cc1ccsc1)C(=O)c1cc(C(=O)O)nn1-c1ccccc1. The van der Waals surface area contributed by atoms with Crippen molar-refractivity contribution in [1.82, 2.24) is 14.7 Å². The van der Waals surface area contributed by atoms with Gasteiger partial charge in [0, 0.05) is 19.7 Å². The Morgan fingerprint density at radius 2 is 2.00 bits per heavy atom. The van der Waals surface area contributed by atoms with Crippen LogP contribution in [-0.4, -0.2) is 38.7 Å². The zero-order chi connectivity index (χ0) is 17.1. The molecule has 1 aromatic carbocycles. The average Bonchev–Trinajstić information content (AvgIpc) is 3.24. The molecular formula is C17H15N3O3S. The number of carbonyl (C=O) groups excluding carboxylic acids is 1. The summed E-state index contributed by atoms with van der Waals surface area (Å²) in [6.07, 6.45) is 0. The van der Waals surface area contributed by atoms with E-state index in [0.717, 1.165) is 5.56 Å². The van der Waals surface area contributed by atoms with Crippen molar-refractivity contribution < 1.29 is 14.7 Å². The summed E-state index contributed by atoms with van der Waals surface area (Å²) < 4.78 is 1.37. The average molecular weight is 341 g/mol. The first-order valence-corrected chi connectivity index (χ1v) is 8.16. The van der Waals surface area contributed by atoms with Crippen LogP contribution in [0.2, 0.25) is 0 Å². The van der Waals surface area contributed by atoms with Crippen LogP contribution in [0.4, 0.5) is 0 Å². The zero-order valence-corrected chi connectivity index (χ0v) is 13.7. The van der Waals surface area contributed by atoms with Gasteiger partial charge >= 0.3 is 5.97 Å². The molecule has 3 rings (SSSR count). The number of amides is 1. The van der Waals surface area contributed by atoms with Crippen LogP contribution >= 0.6 is 11.3 Å². The first kappa shape index (κ1) is 15.9. The summed E-state index contributed by atoms with van der Waals surface area (Å²) in [6.45, 7) is 0.449. The summed E-state index contributed by atoms with van der Waals surface area (Å²) >= 11 is 1.56. The van der Waals surface area contributed by atoms with Gasteiger partial charge < -0.3 is 10.0 Å². The van der Waals surface area contributed by atoms with E-state index in [2.05, 4.69) is 5.10 Å². The lowest BCUT2D eigenvalue weighted by molar-refractivity contribution is 0.0689. The second-order valence-electron chi connectivity index (χ2n) is 5.26. The largest absolute Gasteiger partial charge is 0.476 e. The predicted octanol–water partition coefficient (Wildman–Crippen LogP) is 2.90. The van der Waals surface area contributed by atoms with Crippen LogP contribution in [0.5, 0.6) is 0 Å². The third-order valence-electron chi connectivity index (χ3n) is 3.49. The molecule has 0 aliphatic heterocycles. The molecule has 2 heterocycles. The summed E-state index contributed by atoms with van der Waals surface area (Å²) in [5.41, 5.74) is 1.72. The number of rotatable bonds is 5. The van der Waals surface area contributed by atoms with Gasteiger partial charge in [-0.15, -0.1) is 0 Å². The first-order chi connectivity index (χ1) is 11.6. The monoisotopic (exact) mass is 341 g/mol. The summed E-state index contributed by atoms with van der Waals surface area (Å²) in [7, 11) is 1.68. The standard InChI is InChI=1S/C17H15N3O3S/c1-19(10-12-7-8-24-11-12)16(21)15-9-14(17(22)23)18-20(15)13-5-3-2-4-6-13/h2-9,11H,10H2,1H3,(H,22,23). The fourth-order valence-corrected chi connectivity index (χ4v) is 2.99. The minimum absolute atomic E-state index is 0.161. The third-order valence-corrected chi connectivity index (χ3v) is 4.23. The molecule has 0 saturated carbocycles. The van der Waals surface area contributed by atoms with Crippen molar-refractivity contribution in [2.24, 2.45) is 0 Å². The number of nitrogens with zero attached hydrogens (tertiary/aromatic N) is 3. The van der Waals surface area contributed by atoms with Crippen LogP contribution in [0.1, 0.15) is 26.5 Å². The number of thiophene rings is 1. The lowest BCUT2D eigenvalue weighted by Crippen LogP contribution is -2.28. The molecule has 7 heteroatoms. The minimum Gasteiger partial charge on any atom is -0.476 e. The van der Waals surface area contributed by atoms with Gasteiger partial charge in [0.15, 0.2) is 5.69 Å². The van der Waals surface area contributed by atoms with Crippen molar-refractivity contribution in [2.75, 3.05) is 7.05 Å². The number of carboxylic acids is 1. The topological polar surface area (TPSA) is 75.4 Å². The molecule has 0 bridgehead atoms. The first-order valence-electron chi connectivity index (χ1n) is 7.21. The van der Waals surface area contributed by atoms with E-state index in [1.807, 2.05) is 22.9 Å². The van der Waals surface area contributed by atoms with Gasteiger partial charge in [-0.25, -0.2) is 9.48 Å². The van der Waals surface area contributed by atoms with Crippen molar-refractivity contribution in [3.05, 3.63) is 70.2 Å². The molecule has 0 aliphatic rings. The maximum absolute atomic E-state index is 12.8. The maximum atomic E-state index is 12.8. The highest BCUT2D eigenvalue weighted by Crippen LogP contribution is 2.16. The van der Waals surface area contributed by atoms with E-state index in [0.29, 0.717) is 12.2 Å². The van der Waals surface area contributed by atoms with Gasteiger partial charge in [0.05, 0.1) is 5.69 Å². The van der Waals surface area contributed by atoms with Gasteiger partial charge in [0.2, 0.25) is 0 Å². The normalized spacial score (nSPS) is 10.5. The lowest BCUT2D eigenvalue weighted by atomic mass is 10.2. The van der Waals surface area contributed by atoms with Gasteiger partial charge in [-0.1, -0.05) is 18.2 Å². The molecule has 0 spiro atoms. The fourth-order valence-electron chi connectivity index (χ4n) is 2.33. The Hall–Kier alpha value is -2.93. The molecule has 6 nitrogen and oxygen atoms in total. The molecular weight excluding hydrogens is 326 g/mol. The molecule has 3 aromatic rings. The molecule has 0 aliphatic carbocycles. The van der Waals surface area contributed by atoms with E-state index in [4.69, 9.17) is 0 Å². The number of para-hydroxylation sites is 1. The van der Waals surface area contributed by atoms with Crippen molar-refractivity contribution in [3.8, 4) is 5.69 Å². The smallest absolute Gasteiger partial charge is 0.356 e. The number of hydrogen-bond donors (Lipinski definition) is 1. The van der Waals surface area contributed by atoms with E-state index < -0.39 is 5.97 Å². The molecule has 122 valence electrons. The van der Waals surface area contributed by atoms with Crippen LogP contribution in [-0.2, 0) is 6.54 Å². The molecule has 24 heavy (non-hydrogen) atoms. The van der Waals surface area contributed by atoms with Crippen LogP contribution in [0.3, 0.4) is 0 Å². The van der Waals surface area contributed by atoms with Gasteiger partial charge in [0.25, 0.3) is 5.91 Å². The number of benzene rings is 1. The molecule has 1 amide bonds. The summed E-state index contributed by atoms with van der Waals surface area (Å²) in [5.74, 6) is -1.45. The van der Waals surface area contributed by atoms with Crippen molar-refractivity contribution in [1.29, 1.82) is 0 Å². The quantitative estimate of drug-likeness (QED) is 0.774. The van der Waals surface area contributed by atoms with Crippen molar-refractivity contribution in [2.45, 2.75) is 6.54 Å². The summed E-state index contributed by atoms with van der Waals surface area (Å²) in [5, 5.41) is 17.2. The highest BCUT2D eigenvalue weighted by atomic mass is 32.1. The lowest BCUT2D eigenvalue weighted by Gasteiger charge is -2.17. The van der Waals surface area contributed by atoms with Crippen LogP contribution in [0, 0.1) is 0 Å². The van der Waals surface area contributed by atoms with E-state index in [-0.39, 0.29) is 17.3 Å². The zero-order valence-electron chi connectivity index (χ0n) is 12.9. The van der Waals surface area contributed by atoms with Gasteiger partial charge in [0.1, 0.15) is 5.69 Å². The highest BCUT2D eigenvalue weighted by Gasteiger charge is 2.22. The minimum atomic E-state index is -1.17. The summed E-state index contributed by atoms with van der Waals surface area (Å²) in [4.78, 5) is 25.6. The number of carbonyl (C=O) groups is 2. The fraction of sp³-hybridized carbons (Fsp3) is 0.118. The molecule has 0 unspecified atom stereocenters. The molecule has 1 N–H and O–H groups in total. The Morgan fingerprint density at radius 1 is 1.25 bits per heavy atom. The predicted molar refractivity (Wildman–Crippen MR) is 90.6 cm³/mol. The molecule has 0 saturated heterocycles. The Morgan fingerprint density at radius 3 is 2.62 bits per heavy atom. The molecule has 0 fully saturated rings. The van der Waals surface area contributed by atoms with E-state index in [1.165, 1.54) is 10.7 Å². The highest BCUT2D eigenvalue weighted by molar-refractivity contribution is 7.07. The van der Waals surface area contributed by atoms with E-state index in [1.54, 1.807) is 47.5 Å². The Balaban J connectivity index is 1.96. The second-order valence-corrected chi connectivity index (χ2v) is 6.04. The third kappa shape index (κ3) is 3.21. The number of aromatic carboxylic acids is 1. The Labute approximate surface area is 142 Å². The number of aromatic nitrogens is 2. The second kappa shape index (κ2) is 6.67. The maximum Gasteiger partial charge on any atom is 0.356 e. The van der Waals surface area contributed by atoms with Crippen molar-refractivity contribution in [3.63, 3.8) is 0 Å². The van der Waals surface area contributed by atoms with Gasteiger partial charge in [-0.2, -0.15) is 16.4 Å². The van der Waals surface area contributed by atoms with E-state index >= 15 is 0 Å². The van der Waals surface area contributed by atoms with Crippen LogP contribution in [0.25, 0.3) is 5.69 Å². The van der Waals surface area contributed by atoms with Crippen LogP contribution < -0.4 is 0 Å².